The van der Waals surface area contributed by atoms with Gasteiger partial charge in [-0.3, -0.25) is 9.59 Å². The molecule has 2 aromatic heterocycles. The summed E-state index contributed by atoms with van der Waals surface area (Å²) in [5.41, 5.74) is 1.84. The van der Waals surface area contributed by atoms with E-state index in [1.54, 1.807) is 26.2 Å². The standard InChI is InChI=1S/C15H20N4O3/c1-9(2)19-14-11(8-16-19)7-12(10(3)17-14)15(22)18(4)6-5-13(20)21/h7-9H,5-6H2,1-4H3,(H,20,21). The Bertz CT molecular complexity index is 721. The molecule has 118 valence electrons. The Kier molecular flexibility index (Phi) is 4.44. The van der Waals surface area contributed by atoms with E-state index >= 15 is 0 Å². The van der Waals surface area contributed by atoms with E-state index in [9.17, 15) is 9.59 Å². The van der Waals surface area contributed by atoms with Gasteiger partial charge in [-0.05, 0) is 26.8 Å². The number of carboxylic acid groups (broad SMARTS) is 1. The highest BCUT2D eigenvalue weighted by atomic mass is 16.4. The highest BCUT2D eigenvalue weighted by molar-refractivity contribution is 5.98. The van der Waals surface area contributed by atoms with Crippen LogP contribution >= 0.6 is 0 Å². The van der Waals surface area contributed by atoms with Crippen molar-refractivity contribution >= 4 is 22.9 Å². The van der Waals surface area contributed by atoms with Gasteiger partial charge in [-0.1, -0.05) is 0 Å². The van der Waals surface area contributed by atoms with Crippen molar-refractivity contribution in [3.05, 3.63) is 23.5 Å². The van der Waals surface area contributed by atoms with E-state index in [0.29, 0.717) is 11.3 Å². The van der Waals surface area contributed by atoms with Gasteiger partial charge < -0.3 is 10.0 Å². The summed E-state index contributed by atoms with van der Waals surface area (Å²) in [6.45, 7) is 5.97. The molecule has 0 fully saturated rings. The predicted molar refractivity (Wildman–Crippen MR) is 81.9 cm³/mol. The van der Waals surface area contributed by atoms with Crippen LogP contribution in [0.5, 0.6) is 0 Å². The number of rotatable bonds is 5. The van der Waals surface area contributed by atoms with Crippen LogP contribution in [0.25, 0.3) is 11.0 Å². The van der Waals surface area contributed by atoms with Gasteiger partial charge in [0.2, 0.25) is 0 Å². The number of aromatic nitrogens is 3. The predicted octanol–water partition coefficient (Wildman–Crippen LogP) is 1.87. The Morgan fingerprint density at radius 1 is 1.41 bits per heavy atom. The molecule has 0 saturated carbocycles. The van der Waals surface area contributed by atoms with Gasteiger partial charge >= 0.3 is 5.97 Å². The number of pyridine rings is 1. The van der Waals surface area contributed by atoms with E-state index in [2.05, 4.69) is 10.1 Å². The minimum atomic E-state index is -0.928. The molecule has 0 atom stereocenters. The van der Waals surface area contributed by atoms with Crippen LogP contribution in [0.15, 0.2) is 12.3 Å². The van der Waals surface area contributed by atoms with E-state index in [4.69, 9.17) is 5.11 Å². The molecular formula is C15H20N4O3. The topological polar surface area (TPSA) is 88.3 Å². The van der Waals surface area contributed by atoms with Crippen LogP contribution in [-0.2, 0) is 4.79 Å². The zero-order chi connectivity index (χ0) is 16.4. The highest BCUT2D eigenvalue weighted by Gasteiger charge is 2.18. The van der Waals surface area contributed by atoms with Gasteiger partial charge in [0.05, 0.1) is 23.9 Å². The normalized spacial score (nSPS) is 11.1. The zero-order valence-corrected chi connectivity index (χ0v) is 13.2. The van der Waals surface area contributed by atoms with Gasteiger partial charge in [0.15, 0.2) is 5.65 Å². The number of hydrogen-bond donors (Lipinski definition) is 1. The van der Waals surface area contributed by atoms with Gasteiger partial charge in [0.25, 0.3) is 5.91 Å². The number of carbonyl (C=O) groups is 2. The molecule has 0 aliphatic heterocycles. The number of fused-ring (bicyclic) bond motifs is 1. The first-order chi connectivity index (χ1) is 10.3. The second-order valence-electron chi connectivity index (χ2n) is 5.59. The average molecular weight is 304 g/mol. The number of nitrogens with zero attached hydrogens (tertiary/aromatic N) is 4. The molecule has 2 heterocycles. The van der Waals surface area contributed by atoms with Crippen molar-refractivity contribution < 1.29 is 14.7 Å². The fourth-order valence-corrected chi connectivity index (χ4v) is 2.23. The van der Waals surface area contributed by atoms with Crippen LogP contribution in [0.1, 0.15) is 42.4 Å². The molecule has 0 spiro atoms. The van der Waals surface area contributed by atoms with Gasteiger partial charge in [-0.2, -0.15) is 5.10 Å². The third-order valence-electron chi connectivity index (χ3n) is 3.49. The Labute approximate surface area is 128 Å². The quantitative estimate of drug-likeness (QED) is 0.911. The van der Waals surface area contributed by atoms with Crippen molar-refractivity contribution in [1.29, 1.82) is 0 Å². The lowest BCUT2D eigenvalue weighted by Crippen LogP contribution is -2.29. The highest BCUT2D eigenvalue weighted by Crippen LogP contribution is 2.20. The average Bonchev–Trinajstić information content (AvgIpc) is 2.85. The second kappa shape index (κ2) is 6.13. The minimum Gasteiger partial charge on any atom is -0.481 e. The van der Waals surface area contributed by atoms with Crippen LogP contribution < -0.4 is 0 Å². The van der Waals surface area contributed by atoms with E-state index in [0.717, 1.165) is 11.0 Å². The van der Waals surface area contributed by atoms with Crippen molar-refractivity contribution in [2.24, 2.45) is 0 Å². The van der Waals surface area contributed by atoms with E-state index in [1.807, 2.05) is 18.5 Å². The molecular weight excluding hydrogens is 284 g/mol. The first-order valence-electron chi connectivity index (χ1n) is 7.13. The summed E-state index contributed by atoms with van der Waals surface area (Å²) in [4.78, 5) is 28.9. The summed E-state index contributed by atoms with van der Waals surface area (Å²) in [6, 6.07) is 1.95. The largest absolute Gasteiger partial charge is 0.481 e. The molecule has 0 aromatic carbocycles. The van der Waals surface area contributed by atoms with E-state index < -0.39 is 5.97 Å². The molecule has 0 aliphatic rings. The van der Waals surface area contributed by atoms with Gasteiger partial charge in [-0.25, -0.2) is 9.67 Å². The van der Waals surface area contributed by atoms with Crippen molar-refractivity contribution in [2.45, 2.75) is 33.2 Å². The fourth-order valence-electron chi connectivity index (χ4n) is 2.23. The van der Waals surface area contributed by atoms with Crippen molar-refractivity contribution in [3.63, 3.8) is 0 Å². The molecule has 0 unspecified atom stereocenters. The number of aryl methyl sites for hydroxylation is 1. The maximum absolute atomic E-state index is 12.4. The molecule has 7 heteroatoms. The second-order valence-corrected chi connectivity index (χ2v) is 5.59. The molecule has 0 saturated heterocycles. The summed E-state index contributed by atoms with van der Waals surface area (Å²) in [5, 5.41) is 13.8. The molecule has 1 N–H and O–H groups in total. The van der Waals surface area contributed by atoms with Crippen molar-refractivity contribution in [3.8, 4) is 0 Å². The molecule has 22 heavy (non-hydrogen) atoms. The van der Waals surface area contributed by atoms with Crippen LogP contribution in [0.2, 0.25) is 0 Å². The summed E-state index contributed by atoms with van der Waals surface area (Å²) >= 11 is 0. The lowest BCUT2D eigenvalue weighted by molar-refractivity contribution is -0.137. The Balaban J connectivity index is 2.33. The molecule has 0 bridgehead atoms. The number of amides is 1. The number of carboxylic acids is 1. The summed E-state index contributed by atoms with van der Waals surface area (Å²) in [7, 11) is 1.59. The van der Waals surface area contributed by atoms with Crippen LogP contribution in [0.3, 0.4) is 0 Å². The maximum atomic E-state index is 12.4. The monoisotopic (exact) mass is 304 g/mol. The summed E-state index contributed by atoms with van der Waals surface area (Å²) in [5.74, 6) is -1.16. The Hall–Kier alpha value is -2.44. The van der Waals surface area contributed by atoms with Gasteiger partial charge in [0.1, 0.15) is 0 Å². The fraction of sp³-hybridized carbons (Fsp3) is 0.467. The lowest BCUT2D eigenvalue weighted by Gasteiger charge is -2.17. The molecule has 0 aliphatic carbocycles. The molecule has 1 amide bonds. The summed E-state index contributed by atoms with van der Waals surface area (Å²) < 4.78 is 1.81. The van der Waals surface area contributed by atoms with Gasteiger partial charge in [-0.15, -0.1) is 0 Å². The number of carbonyl (C=O) groups excluding carboxylic acids is 1. The molecule has 2 aromatic rings. The number of aliphatic carboxylic acids is 1. The zero-order valence-electron chi connectivity index (χ0n) is 13.2. The van der Waals surface area contributed by atoms with Gasteiger partial charge in [0, 0.05) is 25.0 Å². The van der Waals surface area contributed by atoms with Crippen LogP contribution in [-0.4, -0.2) is 50.2 Å². The van der Waals surface area contributed by atoms with E-state index in [-0.39, 0.29) is 24.9 Å². The molecule has 7 nitrogen and oxygen atoms in total. The first-order valence-corrected chi connectivity index (χ1v) is 7.13. The van der Waals surface area contributed by atoms with Crippen LogP contribution in [0, 0.1) is 6.92 Å². The number of hydrogen-bond acceptors (Lipinski definition) is 4. The van der Waals surface area contributed by atoms with Crippen molar-refractivity contribution in [2.75, 3.05) is 13.6 Å². The Morgan fingerprint density at radius 2 is 2.09 bits per heavy atom. The third-order valence-corrected chi connectivity index (χ3v) is 3.49. The SMILES string of the molecule is Cc1nc2c(cnn2C(C)C)cc1C(=O)N(C)CCC(=O)O. The van der Waals surface area contributed by atoms with E-state index in [1.165, 1.54) is 4.90 Å². The lowest BCUT2D eigenvalue weighted by atomic mass is 10.1. The summed E-state index contributed by atoms with van der Waals surface area (Å²) in [6.07, 6.45) is 1.61. The minimum absolute atomic E-state index is 0.0811. The molecule has 2 rings (SSSR count). The van der Waals surface area contributed by atoms with Crippen molar-refractivity contribution in [1.82, 2.24) is 19.7 Å². The first kappa shape index (κ1) is 15.9. The van der Waals surface area contributed by atoms with Crippen LogP contribution in [0.4, 0.5) is 0 Å². The third kappa shape index (κ3) is 3.08. The maximum Gasteiger partial charge on any atom is 0.305 e. The smallest absolute Gasteiger partial charge is 0.305 e. The Morgan fingerprint density at radius 3 is 2.68 bits per heavy atom. The molecule has 0 radical (unpaired) electrons.